The Bertz CT molecular complexity index is 529. The van der Waals surface area contributed by atoms with Gasteiger partial charge in [-0.1, -0.05) is 11.6 Å². The van der Waals surface area contributed by atoms with Gasteiger partial charge in [0.25, 0.3) is 0 Å². The molecule has 1 aromatic carbocycles. The zero-order valence-corrected chi connectivity index (χ0v) is 10.1. The number of benzene rings is 1. The molecule has 2 N–H and O–H groups in total. The predicted octanol–water partition coefficient (Wildman–Crippen LogP) is 2.68. The van der Waals surface area contributed by atoms with Gasteiger partial charge in [0.05, 0.1) is 0 Å². The molecule has 0 amide bonds. The molecule has 1 aromatic heterocycles. The first-order valence-electron chi connectivity index (χ1n) is 4.18. The van der Waals surface area contributed by atoms with Gasteiger partial charge in [-0.05, 0) is 34.1 Å². The van der Waals surface area contributed by atoms with Gasteiger partial charge in [-0.3, -0.25) is 0 Å². The second-order valence-corrected chi connectivity index (χ2v) is 4.16. The molecule has 16 heavy (non-hydrogen) atoms. The maximum Gasteiger partial charge on any atom is 0.240 e. The van der Waals surface area contributed by atoms with Crippen LogP contribution in [0.1, 0.15) is 0 Å². The molecule has 2 aromatic rings. The molecule has 0 spiro atoms. The van der Waals surface area contributed by atoms with Crippen LogP contribution in [0.3, 0.4) is 0 Å². The predicted molar refractivity (Wildman–Crippen MR) is 62.3 cm³/mol. The van der Waals surface area contributed by atoms with E-state index in [0.29, 0.717) is 15.9 Å². The van der Waals surface area contributed by atoms with Crippen LogP contribution >= 0.6 is 27.5 Å². The van der Waals surface area contributed by atoms with E-state index in [-0.39, 0.29) is 11.0 Å². The van der Waals surface area contributed by atoms with Gasteiger partial charge in [0.15, 0.2) is 4.60 Å². The van der Waals surface area contributed by atoms with Crippen LogP contribution in [0.25, 0.3) is 11.3 Å². The van der Waals surface area contributed by atoms with Gasteiger partial charge >= 0.3 is 0 Å². The summed E-state index contributed by atoms with van der Waals surface area (Å²) in [5.41, 5.74) is 6.29. The maximum absolute atomic E-state index is 13.2. The zero-order valence-electron chi connectivity index (χ0n) is 7.78. The van der Waals surface area contributed by atoms with Crippen molar-refractivity contribution in [3.05, 3.63) is 33.6 Å². The van der Waals surface area contributed by atoms with Gasteiger partial charge in [-0.15, -0.1) is 10.2 Å². The second kappa shape index (κ2) is 4.31. The molecule has 0 saturated heterocycles. The lowest BCUT2D eigenvalue weighted by molar-refractivity contribution is 0.628. The van der Waals surface area contributed by atoms with Gasteiger partial charge in [0.2, 0.25) is 5.95 Å². The van der Waals surface area contributed by atoms with E-state index in [2.05, 4.69) is 31.1 Å². The lowest BCUT2D eigenvalue weighted by atomic mass is 10.1. The van der Waals surface area contributed by atoms with Crippen LogP contribution in [0.4, 0.5) is 10.3 Å². The fourth-order valence-electron chi connectivity index (χ4n) is 1.20. The van der Waals surface area contributed by atoms with E-state index < -0.39 is 5.82 Å². The Morgan fingerprint density at radius 1 is 1.25 bits per heavy atom. The third-order valence-electron chi connectivity index (χ3n) is 1.80. The third kappa shape index (κ3) is 2.28. The minimum absolute atomic E-state index is 0.0126. The fraction of sp³-hybridized carbons (Fsp3) is 0. The smallest absolute Gasteiger partial charge is 0.240 e. The topological polar surface area (TPSA) is 64.7 Å². The molecule has 0 aliphatic carbocycles. The summed E-state index contributed by atoms with van der Waals surface area (Å²) in [7, 11) is 0. The zero-order chi connectivity index (χ0) is 11.7. The molecule has 0 radical (unpaired) electrons. The van der Waals surface area contributed by atoms with Gasteiger partial charge in [0.1, 0.15) is 11.5 Å². The number of rotatable bonds is 1. The van der Waals surface area contributed by atoms with E-state index in [4.69, 9.17) is 17.3 Å². The molecule has 0 aliphatic heterocycles. The molecule has 82 valence electrons. The Morgan fingerprint density at radius 2 is 2.00 bits per heavy atom. The minimum Gasteiger partial charge on any atom is -0.366 e. The summed E-state index contributed by atoms with van der Waals surface area (Å²) in [5.74, 6) is -0.440. The van der Waals surface area contributed by atoms with Crippen molar-refractivity contribution >= 4 is 33.5 Å². The Balaban J connectivity index is 2.62. The molecule has 0 aliphatic rings. The number of hydrogen-bond acceptors (Lipinski definition) is 4. The summed E-state index contributed by atoms with van der Waals surface area (Å²) in [6.07, 6.45) is 0. The summed E-state index contributed by atoms with van der Waals surface area (Å²) in [6.45, 7) is 0. The molecule has 0 atom stereocenters. The Labute approximate surface area is 104 Å². The number of hydrogen-bond donors (Lipinski definition) is 1. The van der Waals surface area contributed by atoms with E-state index in [1.165, 1.54) is 12.1 Å². The van der Waals surface area contributed by atoms with Crippen LogP contribution in [-0.2, 0) is 0 Å². The fourth-order valence-corrected chi connectivity index (χ4v) is 1.82. The first-order valence-corrected chi connectivity index (χ1v) is 5.35. The minimum atomic E-state index is -0.452. The molecule has 0 bridgehead atoms. The van der Waals surface area contributed by atoms with E-state index in [0.717, 1.165) is 0 Å². The Hall–Kier alpha value is -1.27. The molecule has 0 saturated carbocycles. The van der Waals surface area contributed by atoms with E-state index >= 15 is 0 Å². The summed E-state index contributed by atoms with van der Waals surface area (Å²) in [4.78, 5) is 3.96. The summed E-state index contributed by atoms with van der Waals surface area (Å²) < 4.78 is 13.5. The van der Waals surface area contributed by atoms with E-state index in [9.17, 15) is 4.39 Å². The summed E-state index contributed by atoms with van der Waals surface area (Å²) >= 11 is 8.90. The number of nitrogens with two attached hydrogens (primary N) is 1. The van der Waals surface area contributed by atoms with Crippen molar-refractivity contribution in [2.75, 3.05) is 5.73 Å². The highest BCUT2D eigenvalue weighted by molar-refractivity contribution is 9.10. The van der Waals surface area contributed by atoms with Gasteiger partial charge in [-0.2, -0.15) is 0 Å². The van der Waals surface area contributed by atoms with Crippen molar-refractivity contribution in [1.29, 1.82) is 0 Å². The summed E-state index contributed by atoms with van der Waals surface area (Å²) in [5, 5.41) is 7.56. The van der Waals surface area contributed by atoms with Gasteiger partial charge < -0.3 is 5.73 Å². The second-order valence-electron chi connectivity index (χ2n) is 2.97. The molecular formula is C9H5BrClFN4. The van der Waals surface area contributed by atoms with Gasteiger partial charge in [-0.25, -0.2) is 9.37 Å². The van der Waals surface area contributed by atoms with Crippen molar-refractivity contribution in [3.63, 3.8) is 0 Å². The first-order chi connectivity index (χ1) is 7.56. The molecule has 2 rings (SSSR count). The van der Waals surface area contributed by atoms with Crippen molar-refractivity contribution in [1.82, 2.24) is 15.2 Å². The number of aromatic nitrogens is 3. The van der Waals surface area contributed by atoms with Crippen LogP contribution in [0.2, 0.25) is 5.02 Å². The highest BCUT2D eigenvalue weighted by atomic mass is 79.9. The van der Waals surface area contributed by atoms with Gasteiger partial charge in [0, 0.05) is 10.6 Å². The number of halogens is 3. The molecule has 0 fully saturated rings. The van der Waals surface area contributed by atoms with Crippen molar-refractivity contribution in [3.8, 4) is 11.3 Å². The number of nitrogens with zero attached hydrogens (tertiary/aromatic N) is 3. The van der Waals surface area contributed by atoms with Crippen LogP contribution < -0.4 is 5.73 Å². The van der Waals surface area contributed by atoms with Crippen LogP contribution in [0.15, 0.2) is 22.8 Å². The van der Waals surface area contributed by atoms with Crippen LogP contribution in [0, 0.1) is 5.82 Å². The van der Waals surface area contributed by atoms with Crippen LogP contribution in [-0.4, -0.2) is 15.2 Å². The summed E-state index contributed by atoms with van der Waals surface area (Å²) in [6, 6.07) is 4.07. The van der Waals surface area contributed by atoms with E-state index in [1.54, 1.807) is 6.07 Å². The van der Waals surface area contributed by atoms with Crippen molar-refractivity contribution in [2.45, 2.75) is 0 Å². The lowest BCUT2D eigenvalue weighted by Crippen LogP contribution is -2.00. The third-order valence-corrected chi connectivity index (χ3v) is 2.55. The van der Waals surface area contributed by atoms with Crippen LogP contribution in [0.5, 0.6) is 0 Å². The molecule has 0 unspecified atom stereocenters. The quantitative estimate of drug-likeness (QED) is 0.879. The average molecular weight is 304 g/mol. The standard InChI is InChI=1S/C9H5BrClFN4/c10-8-7(14-9(13)16-15-8)4-1-5(11)3-6(12)2-4/h1-3H,(H2,13,14,16). The Morgan fingerprint density at radius 3 is 2.69 bits per heavy atom. The van der Waals surface area contributed by atoms with Crippen molar-refractivity contribution < 1.29 is 4.39 Å². The molecule has 4 nitrogen and oxygen atoms in total. The van der Waals surface area contributed by atoms with Crippen molar-refractivity contribution in [2.24, 2.45) is 0 Å². The highest BCUT2D eigenvalue weighted by Gasteiger charge is 2.10. The monoisotopic (exact) mass is 302 g/mol. The molecule has 7 heteroatoms. The maximum atomic E-state index is 13.2. The molecule has 1 heterocycles. The normalized spacial score (nSPS) is 10.4. The average Bonchev–Trinajstić information content (AvgIpc) is 2.20. The largest absolute Gasteiger partial charge is 0.366 e. The van der Waals surface area contributed by atoms with E-state index in [1.807, 2.05) is 0 Å². The number of anilines is 1. The first kappa shape index (κ1) is 11.2. The SMILES string of the molecule is Nc1nnc(Br)c(-c2cc(F)cc(Cl)c2)n1. The lowest BCUT2D eigenvalue weighted by Gasteiger charge is -2.04. The Kier molecular flexibility index (Phi) is 3.02. The number of nitrogen functional groups attached to an aromatic ring is 1. The highest BCUT2D eigenvalue weighted by Crippen LogP contribution is 2.27. The molecular weight excluding hydrogens is 298 g/mol.